The zero-order valence-electron chi connectivity index (χ0n) is 10.4. The van der Waals surface area contributed by atoms with Gasteiger partial charge in [-0.3, -0.25) is 4.99 Å². The van der Waals surface area contributed by atoms with Crippen molar-refractivity contribution in [3.63, 3.8) is 0 Å². The van der Waals surface area contributed by atoms with Crippen LogP contribution in [0.25, 0.3) is 0 Å². The van der Waals surface area contributed by atoms with Gasteiger partial charge in [0.15, 0.2) is 0 Å². The molecule has 0 saturated heterocycles. The molecule has 88 valence electrons. The molecule has 0 rings (SSSR count). The Morgan fingerprint density at radius 2 is 1.87 bits per heavy atom. The molecule has 0 fully saturated rings. The van der Waals surface area contributed by atoms with E-state index in [1.807, 2.05) is 6.21 Å². The molecule has 0 heterocycles. The lowest BCUT2D eigenvalue weighted by atomic mass is 10.3. The molecule has 0 aliphatic carbocycles. The van der Waals surface area contributed by atoms with Crippen LogP contribution in [0, 0.1) is 0 Å². The minimum absolute atomic E-state index is 1.01. The summed E-state index contributed by atoms with van der Waals surface area (Å²) in [5.74, 6) is 0. The van der Waals surface area contributed by atoms with Crippen molar-refractivity contribution >= 4 is 22.1 Å². The summed E-state index contributed by atoms with van der Waals surface area (Å²) in [5.41, 5.74) is 1.29. The van der Waals surface area contributed by atoms with E-state index >= 15 is 0 Å². The molecule has 0 spiro atoms. The number of halogens is 1. The number of likely N-dealkylation sites (N-methyl/N-ethyl adjacent to an activating group) is 2. The van der Waals surface area contributed by atoms with Crippen molar-refractivity contribution in [2.45, 2.75) is 13.3 Å². The highest BCUT2D eigenvalue weighted by Crippen LogP contribution is 2.16. The van der Waals surface area contributed by atoms with Crippen LogP contribution in [0.3, 0.4) is 0 Å². The third-order valence-corrected chi connectivity index (χ3v) is 2.86. The van der Waals surface area contributed by atoms with Gasteiger partial charge in [-0.2, -0.15) is 0 Å². The van der Waals surface area contributed by atoms with Crippen molar-refractivity contribution in [2.75, 3.05) is 41.3 Å². The maximum absolute atomic E-state index is 4.02. The van der Waals surface area contributed by atoms with Crippen LogP contribution in [-0.2, 0) is 0 Å². The minimum Gasteiger partial charge on any atom is -0.376 e. The largest absolute Gasteiger partial charge is 0.376 e. The van der Waals surface area contributed by atoms with Gasteiger partial charge in [0.1, 0.15) is 0 Å². The van der Waals surface area contributed by atoms with Gasteiger partial charge >= 0.3 is 0 Å². The molecular formula is C11H22BrN3. The molecule has 15 heavy (non-hydrogen) atoms. The Kier molecular flexibility index (Phi) is 7.70. The van der Waals surface area contributed by atoms with Crippen molar-refractivity contribution in [1.29, 1.82) is 0 Å². The first-order valence-corrected chi connectivity index (χ1v) is 5.98. The van der Waals surface area contributed by atoms with E-state index in [2.05, 4.69) is 58.8 Å². The Morgan fingerprint density at radius 1 is 1.27 bits per heavy atom. The van der Waals surface area contributed by atoms with Crippen LogP contribution >= 0.6 is 15.9 Å². The maximum Gasteiger partial charge on any atom is 0.0544 e. The molecule has 0 aromatic rings. The summed E-state index contributed by atoms with van der Waals surface area (Å²) in [6.45, 7) is 4.25. The van der Waals surface area contributed by atoms with Crippen LogP contribution < -0.4 is 0 Å². The van der Waals surface area contributed by atoms with Gasteiger partial charge in [0.2, 0.25) is 0 Å². The summed E-state index contributed by atoms with van der Waals surface area (Å²) >= 11 is 3.55. The lowest BCUT2D eigenvalue weighted by molar-refractivity contribution is 0.321. The van der Waals surface area contributed by atoms with E-state index in [0.717, 1.165) is 24.0 Å². The Morgan fingerprint density at radius 3 is 2.27 bits per heavy atom. The summed E-state index contributed by atoms with van der Waals surface area (Å²) < 4.78 is 1.08. The SMILES string of the molecule is CC/C(=C(/Br)C=NC)N(C)CCN(C)C. The second kappa shape index (κ2) is 7.88. The molecule has 0 aromatic heterocycles. The smallest absolute Gasteiger partial charge is 0.0544 e. The fourth-order valence-electron chi connectivity index (χ4n) is 1.29. The molecule has 3 nitrogen and oxygen atoms in total. The first-order valence-electron chi connectivity index (χ1n) is 5.19. The Bertz CT molecular complexity index is 234. The van der Waals surface area contributed by atoms with E-state index < -0.39 is 0 Å². The average Bonchev–Trinajstić information content (AvgIpc) is 2.16. The molecule has 0 saturated carbocycles. The van der Waals surface area contributed by atoms with Crippen LogP contribution in [0.5, 0.6) is 0 Å². The summed E-state index contributed by atoms with van der Waals surface area (Å²) in [7, 11) is 8.08. The highest BCUT2D eigenvalue weighted by molar-refractivity contribution is 9.12. The molecule has 0 aliphatic rings. The van der Waals surface area contributed by atoms with Crippen LogP contribution in [0.1, 0.15) is 13.3 Å². The molecule has 0 bridgehead atoms. The highest BCUT2D eigenvalue weighted by Gasteiger charge is 2.06. The number of aliphatic imine (C=N–C) groups is 1. The van der Waals surface area contributed by atoms with E-state index in [9.17, 15) is 0 Å². The topological polar surface area (TPSA) is 18.8 Å². The molecule has 0 amide bonds. The van der Waals surface area contributed by atoms with Crippen LogP contribution in [-0.4, -0.2) is 57.3 Å². The van der Waals surface area contributed by atoms with E-state index in [1.165, 1.54) is 5.70 Å². The minimum atomic E-state index is 1.01. The summed E-state index contributed by atoms with van der Waals surface area (Å²) in [5, 5.41) is 0. The normalized spacial score (nSPS) is 13.5. The third kappa shape index (κ3) is 5.95. The molecule has 0 radical (unpaired) electrons. The Hall–Kier alpha value is -0.350. The predicted molar refractivity (Wildman–Crippen MR) is 71.8 cm³/mol. The fourth-order valence-corrected chi connectivity index (χ4v) is 2.08. The third-order valence-electron chi connectivity index (χ3n) is 2.20. The van der Waals surface area contributed by atoms with Crippen molar-refractivity contribution in [1.82, 2.24) is 9.80 Å². The second-order valence-electron chi connectivity index (χ2n) is 3.76. The standard InChI is InChI=1S/C11H22BrN3/c1-6-11(10(12)9-13-2)15(5)8-7-14(3)4/h9H,6-8H2,1-5H3/b11-10-,13-9?. The van der Waals surface area contributed by atoms with Gasteiger partial charge in [-0.05, 0) is 36.4 Å². The van der Waals surface area contributed by atoms with Crippen LogP contribution in [0.2, 0.25) is 0 Å². The number of hydrogen-bond donors (Lipinski definition) is 0. The van der Waals surface area contributed by atoms with Crippen LogP contribution in [0.4, 0.5) is 0 Å². The quantitative estimate of drug-likeness (QED) is 0.693. The van der Waals surface area contributed by atoms with Crippen molar-refractivity contribution in [2.24, 2.45) is 4.99 Å². The monoisotopic (exact) mass is 275 g/mol. The van der Waals surface area contributed by atoms with E-state index in [1.54, 1.807) is 7.05 Å². The number of nitrogens with zero attached hydrogens (tertiary/aromatic N) is 3. The Labute approximate surface area is 102 Å². The second-order valence-corrected chi connectivity index (χ2v) is 4.61. The van der Waals surface area contributed by atoms with E-state index in [0.29, 0.717) is 0 Å². The number of allylic oxidation sites excluding steroid dienone is 2. The Balaban J connectivity index is 4.46. The molecule has 0 aliphatic heterocycles. The highest BCUT2D eigenvalue weighted by atomic mass is 79.9. The summed E-state index contributed by atoms with van der Waals surface area (Å²) in [6.07, 6.45) is 2.86. The van der Waals surface area contributed by atoms with Gasteiger partial charge in [0.25, 0.3) is 0 Å². The van der Waals surface area contributed by atoms with Gasteiger partial charge in [0, 0.05) is 39.1 Å². The average molecular weight is 276 g/mol. The fraction of sp³-hybridized carbons (Fsp3) is 0.727. The zero-order valence-corrected chi connectivity index (χ0v) is 12.0. The number of hydrogen-bond acceptors (Lipinski definition) is 3. The first kappa shape index (κ1) is 14.6. The summed E-state index contributed by atoms with van der Waals surface area (Å²) in [6, 6.07) is 0. The van der Waals surface area contributed by atoms with Gasteiger partial charge in [-0.15, -0.1) is 0 Å². The first-order chi connectivity index (χ1) is 7.02. The molecule has 0 unspecified atom stereocenters. The molecule has 0 atom stereocenters. The van der Waals surface area contributed by atoms with Crippen molar-refractivity contribution < 1.29 is 0 Å². The molecule has 4 heteroatoms. The van der Waals surface area contributed by atoms with Gasteiger partial charge in [-0.25, -0.2) is 0 Å². The number of rotatable bonds is 6. The lowest BCUT2D eigenvalue weighted by Gasteiger charge is -2.24. The zero-order chi connectivity index (χ0) is 11.8. The molecule has 0 aromatic carbocycles. The van der Waals surface area contributed by atoms with Crippen molar-refractivity contribution in [3.05, 3.63) is 10.2 Å². The van der Waals surface area contributed by atoms with E-state index in [4.69, 9.17) is 0 Å². The van der Waals surface area contributed by atoms with Crippen LogP contribution in [0.15, 0.2) is 15.2 Å². The van der Waals surface area contributed by atoms with Crippen molar-refractivity contribution in [3.8, 4) is 0 Å². The van der Waals surface area contributed by atoms with E-state index in [-0.39, 0.29) is 0 Å². The molecular weight excluding hydrogens is 254 g/mol. The van der Waals surface area contributed by atoms with Gasteiger partial charge in [-0.1, -0.05) is 6.92 Å². The lowest BCUT2D eigenvalue weighted by Crippen LogP contribution is -2.28. The predicted octanol–water partition coefficient (Wildman–Crippen LogP) is 2.20. The molecule has 0 N–H and O–H groups in total. The van der Waals surface area contributed by atoms with Gasteiger partial charge in [0.05, 0.1) is 4.48 Å². The summed E-state index contributed by atoms with van der Waals surface area (Å²) in [4.78, 5) is 8.47. The van der Waals surface area contributed by atoms with Gasteiger partial charge < -0.3 is 9.80 Å². The maximum atomic E-state index is 4.02.